The second-order valence-corrected chi connectivity index (χ2v) is 7.15. The maximum absolute atomic E-state index is 12.5. The van der Waals surface area contributed by atoms with Crippen molar-refractivity contribution in [3.63, 3.8) is 0 Å². The Morgan fingerprint density at radius 3 is 2.19 bits per heavy atom. The highest BCUT2D eigenvalue weighted by Gasteiger charge is 2.21. The molecular formula is C17H21NO2S. The first-order chi connectivity index (χ1) is 10.0. The zero-order chi connectivity index (χ0) is 15.3. The van der Waals surface area contributed by atoms with Gasteiger partial charge in [0, 0.05) is 6.04 Å². The molecule has 0 aromatic heterocycles. The van der Waals surface area contributed by atoms with Crippen LogP contribution in [0, 0.1) is 6.92 Å². The summed E-state index contributed by atoms with van der Waals surface area (Å²) < 4.78 is 25.0. The van der Waals surface area contributed by atoms with Gasteiger partial charge in [-0.2, -0.15) is 0 Å². The molecule has 0 radical (unpaired) electrons. The fourth-order valence-corrected chi connectivity index (χ4v) is 3.78. The lowest BCUT2D eigenvalue weighted by atomic mass is 10.1. The average Bonchev–Trinajstić information content (AvgIpc) is 2.48. The molecule has 0 saturated carbocycles. The first-order valence-electron chi connectivity index (χ1n) is 7.10. The number of hydrogen-bond acceptors (Lipinski definition) is 3. The Kier molecular flexibility index (Phi) is 5.15. The van der Waals surface area contributed by atoms with Crippen molar-refractivity contribution in [1.82, 2.24) is 5.32 Å². The molecule has 0 saturated heterocycles. The van der Waals surface area contributed by atoms with E-state index in [1.807, 2.05) is 44.2 Å². The second kappa shape index (κ2) is 6.87. The van der Waals surface area contributed by atoms with E-state index < -0.39 is 9.84 Å². The predicted octanol–water partition coefficient (Wildman–Crippen LogP) is 3.12. The van der Waals surface area contributed by atoms with Crippen LogP contribution in [0.5, 0.6) is 0 Å². The normalized spacial score (nSPS) is 13.0. The minimum absolute atomic E-state index is 0.0634. The second-order valence-electron chi connectivity index (χ2n) is 5.12. The van der Waals surface area contributed by atoms with Gasteiger partial charge in [-0.1, -0.05) is 55.0 Å². The molecule has 0 aliphatic heterocycles. The van der Waals surface area contributed by atoms with Gasteiger partial charge in [0.05, 0.1) is 10.6 Å². The number of sulfone groups is 1. The standard InChI is InChI=1S/C17H21NO2S/c1-3-18-17(15-11-9-14(2)10-12-15)13-21(19,20)16-7-5-4-6-8-16/h4-12,17-18H,3,13H2,1-2H3. The van der Waals surface area contributed by atoms with Crippen molar-refractivity contribution in [1.29, 1.82) is 0 Å². The molecule has 0 fully saturated rings. The van der Waals surface area contributed by atoms with Crippen molar-refractivity contribution in [2.75, 3.05) is 12.3 Å². The minimum Gasteiger partial charge on any atom is -0.309 e. The summed E-state index contributed by atoms with van der Waals surface area (Å²) in [4.78, 5) is 0.375. The first kappa shape index (κ1) is 15.7. The predicted molar refractivity (Wildman–Crippen MR) is 86.1 cm³/mol. The Hall–Kier alpha value is -1.65. The van der Waals surface area contributed by atoms with Crippen molar-refractivity contribution in [3.05, 3.63) is 65.7 Å². The van der Waals surface area contributed by atoms with Gasteiger partial charge in [0.1, 0.15) is 0 Å². The molecule has 112 valence electrons. The molecule has 0 aliphatic carbocycles. The number of benzene rings is 2. The third-order valence-corrected chi connectivity index (χ3v) is 5.18. The first-order valence-corrected chi connectivity index (χ1v) is 8.76. The fourth-order valence-electron chi connectivity index (χ4n) is 2.26. The van der Waals surface area contributed by atoms with Crippen LogP contribution in [-0.4, -0.2) is 20.7 Å². The highest BCUT2D eigenvalue weighted by Crippen LogP contribution is 2.20. The van der Waals surface area contributed by atoms with E-state index in [1.165, 1.54) is 5.56 Å². The summed E-state index contributed by atoms with van der Waals surface area (Å²) in [5.74, 6) is 0.0634. The summed E-state index contributed by atoms with van der Waals surface area (Å²) in [5.41, 5.74) is 2.17. The van der Waals surface area contributed by atoms with Crippen LogP contribution in [0.2, 0.25) is 0 Å². The van der Waals surface area contributed by atoms with Gasteiger partial charge in [-0.3, -0.25) is 0 Å². The Bertz CT molecular complexity index is 664. The van der Waals surface area contributed by atoms with Crippen LogP contribution < -0.4 is 5.32 Å². The van der Waals surface area contributed by atoms with E-state index in [-0.39, 0.29) is 11.8 Å². The van der Waals surface area contributed by atoms with Crippen LogP contribution >= 0.6 is 0 Å². The van der Waals surface area contributed by atoms with Crippen LogP contribution in [0.3, 0.4) is 0 Å². The molecule has 2 aromatic carbocycles. The Labute approximate surface area is 126 Å². The molecule has 1 atom stereocenters. The van der Waals surface area contributed by atoms with E-state index in [1.54, 1.807) is 24.3 Å². The minimum atomic E-state index is -3.30. The van der Waals surface area contributed by atoms with Crippen molar-refractivity contribution in [2.45, 2.75) is 24.8 Å². The fraction of sp³-hybridized carbons (Fsp3) is 0.294. The van der Waals surface area contributed by atoms with Crippen LogP contribution in [0.1, 0.15) is 24.1 Å². The van der Waals surface area contributed by atoms with E-state index in [9.17, 15) is 8.42 Å². The molecule has 21 heavy (non-hydrogen) atoms. The number of aryl methyl sites for hydroxylation is 1. The van der Waals surface area contributed by atoms with Crippen LogP contribution in [0.15, 0.2) is 59.5 Å². The molecule has 0 amide bonds. The quantitative estimate of drug-likeness (QED) is 0.892. The topological polar surface area (TPSA) is 46.2 Å². The lowest BCUT2D eigenvalue weighted by molar-refractivity contribution is 0.559. The summed E-state index contributed by atoms with van der Waals surface area (Å²) in [6.45, 7) is 4.73. The van der Waals surface area contributed by atoms with Gasteiger partial charge in [0.25, 0.3) is 0 Å². The summed E-state index contributed by atoms with van der Waals surface area (Å²) in [7, 11) is -3.30. The third-order valence-electron chi connectivity index (χ3n) is 3.42. The highest BCUT2D eigenvalue weighted by atomic mass is 32.2. The number of rotatable bonds is 6. The molecule has 3 nitrogen and oxygen atoms in total. The highest BCUT2D eigenvalue weighted by molar-refractivity contribution is 7.91. The Morgan fingerprint density at radius 2 is 1.62 bits per heavy atom. The van der Waals surface area contributed by atoms with Crippen molar-refractivity contribution in [2.24, 2.45) is 0 Å². The zero-order valence-corrected chi connectivity index (χ0v) is 13.2. The zero-order valence-electron chi connectivity index (χ0n) is 12.4. The molecular weight excluding hydrogens is 282 g/mol. The van der Waals surface area contributed by atoms with E-state index in [0.717, 1.165) is 12.1 Å². The summed E-state index contributed by atoms with van der Waals surface area (Å²) in [6.07, 6.45) is 0. The Morgan fingerprint density at radius 1 is 1.00 bits per heavy atom. The molecule has 0 aliphatic rings. The molecule has 2 rings (SSSR count). The molecule has 2 aromatic rings. The van der Waals surface area contributed by atoms with Gasteiger partial charge in [-0.15, -0.1) is 0 Å². The van der Waals surface area contributed by atoms with Gasteiger partial charge in [-0.25, -0.2) is 8.42 Å². The van der Waals surface area contributed by atoms with E-state index in [2.05, 4.69) is 5.32 Å². The largest absolute Gasteiger partial charge is 0.309 e. The summed E-state index contributed by atoms with van der Waals surface area (Å²) in [5, 5.41) is 3.27. The van der Waals surface area contributed by atoms with Gasteiger partial charge < -0.3 is 5.32 Å². The monoisotopic (exact) mass is 303 g/mol. The SMILES string of the molecule is CCNC(CS(=O)(=O)c1ccccc1)c1ccc(C)cc1. The van der Waals surface area contributed by atoms with Crippen molar-refractivity contribution < 1.29 is 8.42 Å². The maximum Gasteiger partial charge on any atom is 0.180 e. The van der Waals surface area contributed by atoms with Gasteiger partial charge >= 0.3 is 0 Å². The van der Waals surface area contributed by atoms with Gasteiger partial charge in [-0.05, 0) is 31.2 Å². The molecule has 0 bridgehead atoms. The molecule has 1 unspecified atom stereocenters. The average molecular weight is 303 g/mol. The van der Waals surface area contributed by atoms with Gasteiger partial charge in [0.2, 0.25) is 0 Å². The lowest BCUT2D eigenvalue weighted by Crippen LogP contribution is -2.28. The van der Waals surface area contributed by atoms with E-state index in [4.69, 9.17) is 0 Å². The summed E-state index contributed by atoms with van der Waals surface area (Å²) in [6, 6.07) is 16.4. The van der Waals surface area contributed by atoms with Crippen LogP contribution in [0.4, 0.5) is 0 Å². The maximum atomic E-state index is 12.5. The molecule has 0 spiro atoms. The summed E-state index contributed by atoms with van der Waals surface area (Å²) >= 11 is 0. The lowest BCUT2D eigenvalue weighted by Gasteiger charge is -2.18. The van der Waals surface area contributed by atoms with Crippen LogP contribution in [0.25, 0.3) is 0 Å². The molecule has 0 heterocycles. The molecule has 1 N–H and O–H groups in total. The van der Waals surface area contributed by atoms with E-state index >= 15 is 0 Å². The number of nitrogens with one attached hydrogen (secondary N) is 1. The van der Waals surface area contributed by atoms with Gasteiger partial charge in [0.15, 0.2) is 9.84 Å². The smallest absolute Gasteiger partial charge is 0.180 e. The van der Waals surface area contributed by atoms with Crippen LogP contribution in [-0.2, 0) is 9.84 Å². The Balaban J connectivity index is 2.26. The molecule has 4 heteroatoms. The number of hydrogen-bond donors (Lipinski definition) is 1. The van der Waals surface area contributed by atoms with E-state index in [0.29, 0.717) is 4.90 Å². The van der Waals surface area contributed by atoms with Crippen molar-refractivity contribution in [3.8, 4) is 0 Å². The van der Waals surface area contributed by atoms with Crippen molar-refractivity contribution >= 4 is 9.84 Å². The third kappa shape index (κ3) is 4.16.